The number of carbonyl (C=O) groups excluding carboxylic acids is 1. The Morgan fingerprint density at radius 1 is 1.05 bits per heavy atom. The number of nitrogens with zero attached hydrogens (tertiary/aromatic N) is 3. The van der Waals surface area contributed by atoms with Crippen molar-refractivity contribution in [3.63, 3.8) is 0 Å². The Kier molecular flexibility index (Phi) is 6.21. The molecular weight excluding hydrogens is 476 g/mol. The van der Waals surface area contributed by atoms with E-state index in [-0.39, 0.29) is 29.0 Å². The van der Waals surface area contributed by atoms with Crippen LogP contribution < -0.4 is 15.6 Å². The maximum Gasteiger partial charge on any atom is 0.284 e. The van der Waals surface area contributed by atoms with E-state index in [1.165, 1.54) is 25.5 Å². The number of hydrogen-bond donors (Lipinski definition) is 1. The SMILES string of the molecule is COc1ccc(-c2ccc(/C=N\NC(=O)Cn3c4ccccc4c(=O)c4ccccc43)o2)c([N+](=O)[O-])c1. The number of rotatable bonds is 7. The number of ether oxygens (including phenoxy) is 1. The summed E-state index contributed by atoms with van der Waals surface area (Å²) in [6.07, 6.45) is 1.30. The van der Waals surface area contributed by atoms with Crippen LogP contribution in [-0.4, -0.2) is 28.7 Å². The fraction of sp³-hybridized carbons (Fsp3) is 0.0741. The van der Waals surface area contributed by atoms with Crippen LogP contribution in [0.5, 0.6) is 5.75 Å². The highest BCUT2D eigenvalue weighted by atomic mass is 16.6. The number of nitro benzene ring substituents is 1. The van der Waals surface area contributed by atoms with Gasteiger partial charge in [-0.05, 0) is 48.5 Å². The molecule has 0 spiro atoms. The molecule has 5 aromatic rings. The summed E-state index contributed by atoms with van der Waals surface area (Å²) in [7, 11) is 1.43. The summed E-state index contributed by atoms with van der Waals surface area (Å²) >= 11 is 0. The summed E-state index contributed by atoms with van der Waals surface area (Å²) in [5, 5.41) is 16.5. The number of hydrogen-bond acceptors (Lipinski definition) is 7. The Morgan fingerprint density at radius 2 is 1.73 bits per heavy atom. The van der Waals surface area contributed by atoms with Crippen LogP contribution in [0.3, 0.4) is 0 Å². The van der Waals surface area contributed by atoms with Gasteiger partial charge in [-0.3, -0.25) is 19.7 Å². The second-order valence-electron chi connectivity index (χ2n) is 8.08. The third kappa shape index (κ3) is 4.55. The van der Waals surface area contributed by atoms with Crippen LogP contribution in [0.15, 0.2) is 93.2 Å². The molecule has 0 radical (unpaired) electrons. The highest BCUT2D eigenvalue weighted by molar-refractivity contribution is 5.95. The fourth-order valence-electron chi connectivity index (χ4n) is 4.16. The first kappa shape index (κ1) is 23.5. The van der Waals surface area contributed by atoms with E-state index in [4.69, 9.17) is 9.15 Å². The average Bonchev–Trinajstić information content (AvgIpc) is 3.39. The lowest BCUT2D eigenvalue weighted by molar-refractivity contribution is -0.384. The molecule has 10 heteroatoms. The summed E-state index contributed by atoms with van der Waals surface area (Å²) in [4.78, 5) is 36.5. The third-order valence-electron chi connectivity index (χ3n) is 5.86. The minimum atomic E-state index is -0.515. The molecule has 2 aromatic heterocycles. The molecule has 184 valence electrons. The summed E-state index contributed by atoms with van der Waals surface area (Å²) in [5.74, 6) is 0.510. The van der Waals surface area contributed by atoms with Crippen LogP contribution in [0.1, 0.15) is 5.76 Å². The second kappa shape index (κ2) is 9.78. The normalized spacial score (nSPS) is 11.3. The molecule has 1 N–H and O–H groups in total. The quantitative estimate of drug-likeness (QED) is 0.153. The van der Waals surface area contributed by atoms with Gasteiger partial charge in [-0.2, -0.15) is 5.10 Å². The van der Waals surface area contributed by atoms with E-state index in [0.29, 0.717) is 33.3 Å². The first-order valence-electron chi connectivity index (χ1n) is 11.2. The number of methoxy groups -OCH3 is 1. The molecule has 0 bridgehead atoms. The van der Waals surface area contributed by atoms with Crippen molar-refractivity contribution in [3.8, 4) is 17.1 Å². The lowest BCUT2D eigenvalue weighted by atomic mass is 10.1. The van der Waals surface area contributed by atoms with Crippen LogP contribution >= 0.6 is 0 Å². The molecule has 0 aliphatic carbocycles. The molecule has 0 aliphatic heterocycles. The van der Waals surface area contributed by atoms with Gasteiger partial charge >= 0.3 is 0 Å². The van der Waals surface area contributed by atoms with E-state index in [0.717, 1.165) is 0 Å². The van der Waals surface area contributed by atoms with Crippen molar-refractivity contribution in [2.45, 2.75) is 6.54 Å². The standard InChI is InChI=1S/C27H20N4O6/c1-36-17-10-12-19(24(14-17)31(34)35)25-13-11-18(37-25)15-28-29-26(32)16-30-22-8-4-2-6-20(22)27(33)21-7-3-5-9-23(21)30/h2-15H,16H2,1H3,(H,29,32)/b28-15-. The highest BCUT2D eigenvalue weighted by Gasteiger charge is 2.19. The van der Waals surface area contributed by atoms with Gasteiger partial charge in [0.15, 0.2) is 5.43 Å². The zero-order valence-corrected chi connectivity index (χ0v) is 19.6. The molecule has 0 fully saturated rings. The fourth-order valence-corrected chi connectivity index (χ4v) is 4.16. The van der Waals surface area contributed by atoms with Gasteiger partial charge in [0.25, 0.3) is 11.6 Å². The van der Waals surface area contributed by atoms with Crippen molar-refractivity contribution in [2.24, 2.45) is 5.10 Å². The molecular formula is C27H20N4O6. The molecule has 0 aliphatic rings. The molecule has 1 amide bonds. The minimum absolute atomic E-state index is 0.0694. The number of pyridine rings is 1. The van der Waals surface area contributed by atoms with Gasteiger partial charge in [0, 0.05) is 10.8 Å². The minimum Gasteiger partial charge on any atom is -0.497 e. The Hall–Kier alpha value is -5.25. The van der Waals surface area contributed by atoms with E-state index in [2.05, 4.69) is 10.5 Å². The molecule has 0 saturated carbocycles. The van der Waals surface area contributed by atoms with Crippen LogP contribution in [0, 0.1) is 10.1 Å². The van der Waals surface area contributed by atoms with Gasteiger partial charge in [0.2, 0.25) is 0 Å². The summed E-state index contributed by atoms with van der Waals surface area (Å²) in [5.41, 5.74) is 3.78. The molecule has 3 aromatic carbocycles. The number of amides is 1. The van der Waals surface area contributed by atoms with Gasteiger partial charge < -0.3 is 13.7 Å². The number of hydrazone groups is 1. The van der Waals surface area contributed by atoms with Gasteiger partial charge in [-0.15, -0.1) is 0 Å². The molecule has 2 heterocycles. The lowest BCUT2D eigenvalue weighted by Gasteiger charge is -2.14. The van der Waals surface area contributed by atoms with Crippen LogP contribution in [0.25, 0.3) is 33.1 Å². The highest BCUT2D eigenvalue weighted by Crippen LogP contribution is 2.33. The molecule has 5 rings (SSSR count). The van der Waals surface area contributed by atoms with Crippen molar-refractivity contribution < 1.29 is 18.9 Å². The van der Waals surface area contributed by atoms with Crippen LogP contribution in [0.4, 0.5) is 5.69 Å². The van der Waals surface area contributed by atoms with Gasteiger partial charge in [0.1, 0.15) is 23.8 Å². The average molecular weight is 496 g/mol. The van der Waals surface area contributed by atoms with Crippen molar-refractivity contribution in [2.75, 3.05) is 7.11 Å². The van der Waals surface area contributed by atoms with E-state index >= 15 is 0 Å². The number of fused-ring (bicyclic) bond motifs is 2. The number of para-hydroxylation sites is 2. The first-order chi connectivity index (χ1) is 18.0. The topological polar surface area (TPSA) is 129 Å². The smallest absolute Gasteiger partial charge is 0.284 e. The third-order valence-corrected chi connectivity index (χ3v) is 5.86. The predicted octanol–water partition coefficient (Wildman–Crippen LogP) is 4.48. The molecule has 0 atom stereocenters. The Balaban J connectivity index is 1.36. The number of carbonyl (C=O) groups is 1. The predicted molar refractivity (Wildman–Crippen MR) is 139 cm³/mol. The molecule has 0 saturated heterocycles. The Morgan fingerprint density at radius 3 is 2.38 bits per heavy atom. The lowest BCUT2D eigenvalue weighted by Crippen LogP contribution is -2.25. The number of benzene rings is 3. The number of nitrogens with one attached hydrogen (secondary N) is 1. The van der Waals surface area contributed by atoms with Crippen LogP contribution in [-0.2, 0) is 11.3 Å². The van der Waals surface area contributed by atoms with E-state index in [1.54, 1.807) is 59.2 Å². The molecule has 37 heavy (non-hydrogen) atoms. The van der Waals surface area contributed by atoms with Crippen molar-refractivity contribution in [1.29, 1.82) is 0 Å². The zero-order valence-electron chi connectivity index (χ0n) is 19.6. The van der Waals surface area contributed by atoms with Gasteiger partial charge in [0.05, 0.1) is 40.9 Å². The largest absolute Gasteiger partial charge is 0.497 e. The maximum absolute atomic E-state index is 12.9. The summed E-state index contributed by atoms with van der Waals surface area (Å²) < 4.78 is 12.5. The zero-order chi connectivity index (χ0) is 25.9. The monoisotopic (exact) mass is 496 g/mol. The van der Waals surface area contributed by atoms with Gasteiger partial charge in [-0.25, -0.2) is 5.43 Å². The van der Waals surface area contributed by atoms with Crippen molar-refractivity contribution in [3.05, 3.63) is 105 Å². The maximum atomic E-state index is 12.9. The van der Waals surface area contributed by atoms with E-state index in [1.807, 2.05) is 12.1 Å². The Bertz CT molecular complexity index is 1690. The first-order valence-corrected chi connectivity index (χ1v) is 11.2. The molecule has 10 nitrogen and oxygen atoms in total. The summed E-state index contributed by atoms with van der Waals surface area (Å²) in [6.45, 7) is -0.0694. The van der Waals surface area contributed by atoms with E-state index < -0.39 is 10.8 Å². The number of furan rings is 1. The summed E-state index contributed by atoms with van der Waals surface area (Å²) in [6, 6.07) is 21.9. The molecule has 0 unspecified atom stereocenters. The van der Waals surface area contributed by atoms with E-state index in [9.17, 15) is 19.7 Å². The van der Waals surface area contributed by atoms with Crippen molar-refractivity contribution in [1.82, 2.24) is 9.99 Å². The second-order valence-corrected chi connectivity index (χ2v) is 8.08. The number of aromatic nitrogens is 1. The van der Waals surface area contributed by atoms with Crippen molar-refractivity contribution >= 4 is 39.6 Å². The Labute approximate surface area is 209 Å². The number of nitro groups is 1. The van der Waals surface area contributed by atoms with Gasteiger partial charge in [-0.1, -0.05) is 24.3 Å². The van der Waals surface area contributed by atoms with Crippen LogP contribution in [0.2, 0.25) is 0 Å².